The van der Waals surface area contributed by atoms with E-state index in [-0.39, 0.29) is 26.1 Å². The number of nitrogens with zero attached hydrogens (tertiary/aromatic N) is 1. The predicted molar refractivity (Wildman–Crippen MR) is 251 cm³/mol. The van der Waals surface area contributed by atoms with Crippen molar-refractivity contribution in [3.8, 4) is 0 Å². The largest absolute Gasteiger partial charge is 0.756 e. The molecule has 11 heteroatoms. The number of phosphoric ester groups is 1. The van der Waals surface area contributed by atoms with Gasteiger partial charge >= 0.3 is 11.9 Å². The van der Waals surface area contributed by atoms with Gasteiger partial charge in [-0.1, -0.05) is 164 Å². The monoisotopic (exact) mass is 880 g/mol. The molecule has 0 heterocycles. The number of likely N-dealkylation sites (N-methyl/N-ethyl adjacent to an activating group) is 1. The number of hydrogen-bond donors (Lipinski definition) is 1. The first-order valence-electron chi connectivity index (χ1n) is 24.1. The second-order valence-corrected chi connectivity index (χ2v) is 18.7. The van der Waals surface area contributed by atoms with E-state index in [1.54, 1.807) is 12.2 Å². The Morgan fingerprint density at radius 1 is 0.607 bits per heavy atom. The maximum atomic E-state index is 12.7. The number of aliphatic hydroxyl groups is 1. The predicted octanol–water partition coefficient (Wildman–Crippen LogP) is 12.4. The van der Waals surface area contributed by atoms with Crippen LogP contribution in [0.5, 0.6) is 0 Å². The van der Waals surface area contributed by atoms with Crippen LogP contribution in [0, 0.1) is 0 Å². The second kappa shape index (κ2) is 41.7. The van der Waals surface area contributed by atoms with E-state index in [0.29, 0.717) is 36.7 Å². The van der Waals surface area contributed by atoms with Crippen molar-refractivity contribution in [1.82, 2.24) is 0 Å². The SMILES string of the molecule is CCCCC/C=C\C/C=C\CC(O)/C=C\C=C\CCCC(=O)OC[C@H](COP(=O)([O-])OCC[N+](C)(C)C)OC(=O)CCCCCCCCCCC/C=C\CCCCCCCC. The van der Waals surface area contributed by atoms with Crippen molar-refractivity contribution in [2.75, 3.05) is 47.5 Å². The van der Waals surface area contributed by atoms with Crippen LogP contribution in [0.15, 0.2) is 60.8 Å². The molecule has 0 fully saturated rings. The molecule has 0 amide bonds. The molecule has 0 saturated carbocycles. The molecule has 0 bridgehead atoms. The lowest BCUT2D eigenvalue weighted by Gasteiger charge is -2.28. The highest BCUT2D eigenvalue weighted by Crippen LogP contribution is 2.38. The van der Waals surface area contributed by atoms with Gasteiger partial charge in [-0.15, -0.1) is 0 Å². The van der Waals surface area contributed by atoms with E-state index in [0.717, 1.165) is 32.1 Å². The van der Waals surface area contributed by atoms with Crippen molar-refractivity contribution in [2.45, 2.75) is 199 Å². The molecule has 0 saturated heterocycles. The summed E-state index contributed by atoms with van der Waals surface area (Å²) in [7, 11) is 1.08. The van der Waals surface area contributed by atoms with Crippen LogP contribution in [0.3, 0.4) is 0 Å². The zero-order chi connectivity index (χ0) is 45.1. The molecule has 2 unspecified atom stereocenters. The fourth-order valence-corrected chi connectivity index (χ4v) is 6.98. The summed E-state index contributed by atoms with van der Waals surface area (Å²) in [5, 5.41) is 10.2. The number of carbonyl (C=O) groups is 2. The molecule has 0 spiro atoms. The molecular weight excluding hydrogens is 790 g/mol. The fourth-order valence-electron chi connectivity index (χ4n) is 6.25. The number of allylic oxidation sites excluding steroid dienone is 8. The standard InChI is InChI=1S/C50H90NO9P/c1-6-8-10-12-14-16-17-18-19-20-21-22-23-24-25-27-29-33-38-42-50(54)60-48(46-59-61(55,56)58-44-43-51(3,4)5)45-57-49(53)41-37-34-30-32-36-40-47(52)39-35-31-28-26-15-13-11-9-7-2/h15,18-19,26,30-32,35-36,40,47-48,52H,6-14,16-17,20-25,27-29,33-34,37-39,41-46H2,1-5H3/b19-18-,26-15-,32-30+,35-31-,40-36-/t47?,48-/m1/s1. The smallest absolute Gasteiger partial charge is 0.306 e. The second-order valence-electron chi connectivity index (χ2n) is 17.3. The Bertz CT molecular complexity index is 1240. The number of rotatable bonds is 43. The third-order valence-corrected chi connectivity index (χ3v) is 11.1. The molecule has 0 aliphatic heterocycles. The van der Waals surface area contributed by atoms with Crippen molar-refractivity contribution in [1.29, 1.82) is 0 Å². The third-order valence-electron chi connectivity index (χ3n) is 10.1. The van der Waals surface area contributed by atoms with E-state index in [2.05, 4.69) is 44.2 Å². The lowest BCUT2D eigenvalue weighted by Crippen LogP contribution is -2.37. The Hall–Kier alpha value is -2.33. The van der Waals surface area contributed by atoms with Gasteiger partial charge in [0.05, 0.1) is 33.9 Å². The highest BCUT2D eigenvalue weighted by atomic mass is 31.2. The summed E-state index contributed by atoms with van der Waals surface area (Å²) >= 11 is 0. The zero-order valence-corrected chi connectivity index (χ0v) is 40.4. The summed E-state index contributed by atoms with van der Waals surface area (Å²) in [6, 6.07) is 0. The minimum Gasteiger partial charge on any atom is -0.756 e. The molecule has 0 rings (SSSR count). The highest BCUT2D eigenvalue weighted by molar-refractivity contribution is 7.45. The summed E-state index contributed by atoms with van der Waals surface area (Å²) in [6.45, 7) is 4.03. The van der Waals surface area contributed by atoms with Crippen molar-refractivity contribution in [2.24, 2.45) is 0 Å². The minimum atomic E-state index is -4.66. The van der Waals surface area contributed by atoms with Gasteiger partial charge in [0, 0.05) is 12.8 Å². The maximum absolute atomic E-state index is 12.7. The van der Waals surface area contributed by atoms with Gasteiger partial charge in [-0.05, 0) is 70.6 Å². The molecule has 0 aromatic heterocycles. The van der Waals surface area contributed by atoms with Crippen LogP contribution in [-0.2, 0) is 32.7 Å². The molecule has 10 nitrogen and oxygen atoms in total. The van der Waals surface area contributed by atoms with Crippen molar-refractivity contribution in [3.63, 3.8) is 0 Å². The first-order valence-corrected chi connectivity index (χ1v) is 25.6. The third kappa shape index (κ3) is 45.5. The van der Waals surface area contributed by atoms with Gasteiger partial charge in [-0.2, -0.15) is 0 Å². The van der Waals surface area contributed by atoms with Gasteiger partial charge < -0.3 is 33.0 Å². The molecule has 354 valence electrons. The minimum absolute atomic E-state index is 0.0553. The van der Waals surface area contributed by atoms with Gasteiger partial charge in [-0.25, -0.2) is 0 Å². The summed E-state index contributed by atoms with van der Waals surface area (Å²) in [5.74, 6) is -0.967. The molecule has 61 heavy (non-hydrogen) atoms. The van der Waals surface area contributed by atoms with Gasteiger partial charge in [0.1, 0.15) is 19.8 Å². The number of unbranched alkanes of at least 4 members (excludes halogenated alkanes) is 19. The van der Waals surface area contributed by atoms with Crippen LogP contribution < -0.4 is 4.89 Å². The van der Waals surface area contributed by atoms with Gasteiger partial charge in [0.2, 0.25) is 0 Å². The summed E-state index contributed by atoms with van der Waals surface area (Å²) in [4.78, 5) is 37.6. The zero-order valence-electron chi connectivity index (χ0n) is 39.5. The topological polar surface area (TPSA) is 131 Å². The number of ether oxygens (including phenoxy) is 2. The van der Waals surface area contributed by atoms with E-state index >= 15 is 0 Å². The van der Waals surface area contributed by atoms with Crippen LogP contribution >= 0.6 is 7.82 Å². The van der Waals surface area contributed by atoms with Gasteiger partial charge in [0.25, 0.3) is 7.82 Å². The van der Waals surface area contributed by atoms with Crippen LogP contribution in [0.25, 0.3) is 0 Å². The molecule has 0 aromatic rings. The summed E-state index contributed by atoms with van der Waals surface area (Å²) in [5.41, 5.74) is 0. The number of aliphatic hydroxyl groups excluding tert-OH is 1. The highest BCUT2D eigenvalue weighted by Gasteiger charge is 2.21. The number of esters is 2. The fraction of sp³-hybridized carbons (Fsp3) is 0.760. The van der Waals surface area contributed by atoms with Crippen LogP contribution in [0.2, 0.25) is 0 Å². The van der Waals surface area contributed by atoms with E-state index in [1.807, 2.05) is 39.4 Å². The Balaban J connectivity index is 4.46. The molecule has 0 aliphatic rings. The first-order chi connectivity index (χ1) is 29.4. The quantitative estimate of drug-likeness (QED) is 0.0159. The molecular formula is C50H90NO9P. The Morgan fingerprint density at radius 3 is 1.74 bits per heavy atom. The molecule has 0 radical (unpaired) electrons. The van der Waals surface area contributed by atoms with Crippen molar-refractivity contribution in [3.05, 3.63) is 60.8 Å². The Morgan fingerprint density at radius 2 is 1.11 bits per heavy atom. The number of carbonyl (C=O) groups excluding carboxylic acids is 2. The number of quaternary nitrogens is 1. The number of phosphoric acid groups is 1. The van der Waals surface area contributed by atoms with E-state index < -0.39 is 38.6 Å². The lowest BCUT2D eigenvalue weighted by molar-refractivity contribution is -0.870. The molecule has 0 aromatic carbocycles. The summed E-state index contributed by atoms with van der Waals surface area (Å²) < 4.78 is 33.8. The van der Waals surface area contributed by atoms with Crippen LogP contribution in [0.4, 0.5) is 0 Å². The lowest BCUT2D eigenvalue weighted by atomic mass is 10.1. The van der Waals surface area contributed by atoms with Crippen molar-refractivity contribution >= 4 is 19.8 Å². The van der Waals surface area contributed by atoms with E-state index in [9.17, 15) is 24.2 Å². The van der Waals surface area contributed by atoms with E-state index in [1.165, 1.54) is 103 Å². The first kappa shape index (κ1) is 58.7. The Kier molecular flexibility index (Phi) is 40.1. The maximum Gasteiger partial charge on any atom is 0.306 e. The molecule has 1 N–H and O–H groups in total. The van der Waals surface area contributed by atoms with E-state index in [4.69, 9.17) is 18.5 Å². The number of hydrogen-bond acceptors (Lipinski definition) is 9. The average molecular weight is 880 g/mol. The van der Waals surface area contributed by atoms with Crippen LogP contribution in [0.1, 0.15) is 187 Å². The molecule has 0 aliphatic carbocycles. The Labute approximate surface area is 373 Å². The van der Waals surface area contributed by atoms with Crippen molar-refractivity contribution < 1.29 is 47.2 Å². The van der Waals surface area contributed by atoms with Gasteiger partial charge in [-0.3, -0.25) is 14.2 Å². The average Bonchev–Trinajstić information content (AvgIpc) is 3.21. The van der Waals surface area contributed by atoms with Crippen LogP contribution in [-0.4, -0.2) is 81.2 Å². The molecule has 3 atom stereocenters. The normalized spacial score (nSPS) is 14.5. The summed E-state index contributed by atoms with van der Waals surface area (Å²) in [6.07, 6.45) is 47.0. The van der Waals surface area contributed by atoms with Gasteiger partial charge in [0.15, 0.2) is 6.10 Å².